The molecule has 0 N–H and O–H groups in total. The molecule has 11 rings (SSSR count). The molecule has 224 valence electrons. The molecule has 0 fully saturated rings. The Morgan fingerprint density at radius 1 is 0.438 bits per heavy atom. The van der Waals surface area contributed by atoms with Crippen molar-refractivity contribution in [2.45, 2.75) is 5.92 Å². The van der Waals surface area contributed by atoms with E-state index in [4.69, 9.17) is 0 Å². The van der Waals surface area contributed by atoms with Gasteiger partial charge in [-0.25, -0.2) is 0 Å². The number of benzene rings is 6. The Hall–Kier alpha value is -6.26. The minimum absolute atomic E-state index is 0.0154. The van der Waals surface area contributed by atoms with Gasteiger partial charge in [0.15, 0.2) is 0 Å². The van der Waals surface area contributed by atoms with Gasteiger partial charge in [0.05, 0.1) is 28.0 Å². The Kier molecular flexibility index (Phi) is 4.95. The SMILES string of the molecule is O=C1C2C=CC=CC2c2cc(-c3ccc(-c4cc5c6ccccc6c(=O)n6c7ccccc7c(c4)c56)cc3)cc3c4ccccc4n1c23. The van der Waals surface area contributed by atoms with Crippen molar-refractivity contribution in [3.05, 3.63) is 162 Å². The van der Waals surface area contributed by atoms with Crippen molar-refractivity contribution in [2.75, 3.05) is 0 Å². The fourth-order valence-electron chi connectivity index (χ4n) is 8.63. The van der Waals surface area contributed by atoms with E-state index in [1.54, 1.807) is 0 Å². The molecule has 48 heavy (non-hydrogen) atoms. The highest BCUT2D eigenvalue weighted by Crippen LogP contribution is 2.46. The number of carbonyl (C=O) groups is 1. The molecule has 2 unspecified atom stereocenters. The second-order valence-electron chi connectivity index (χ2n) is 13.2. The Labute approximate surface area is 274 Å². The van der Waals surface area contributed by atoms with Gasteiger partial charge < -0.3 is 0 Å². The van der Waals surface area contributed by atoms with Gasteiger partial charge in [-0.2, -0.15) is 0 Å². The van der Waals surface area contributed by atoms with Crippen molar-refractivity contribution < 1.29 is 4.79 Å². The van der Waals surface area contributed by atoms with E-state index in [2.05, 4.69) is 91.0 Å². The molecule has 4 heterocycles. The van der Waals surface area contributed by atoms with Crippen LogP contribution >= 0.6 is 0 Å². The van der Waals surface area contributed by atoms with Gasteiger partial charge in [-0.05, 0) is 75.7 Å². The summed E-state index contributed by atoms with van der Waals surface area (Å²) in [5.41, 5.74) is 9.64. The first-order chi connectivity index (χ1) is 23.7. The second-order valence-corrected chi connectivity index (χ2v) is 13.2. The molecule has 4 nitrogen and oxygen atoms in total. The summed E-state index contributed by atoms with van der Waals surface area (Å²) in [6.07, 6.45) is 8.29. The Bertz CT molecular complexity index is 2990. The first-order valence-electron chi connectivity index (χ1n) is 16.4. The number of fused-ring (bicyclic) bond motifs is 10. The van der Waals surface area contributed by atoms with E-state index in [1.807, 2.05) is 63.6 Å². The predicted octanol–water partition coefficient (Wildman–Crippen LogP) is 10.1. The van der Waals surface area contributed by atoms with Crippen molar-refractivity contribution in [3.8, 4) is 22.3 Å². The average Bonchev–Trinajstić information content (AvgIpc) is 3.67. The number of rotatable bonds is 2. The summed E-state index contributed by atoms with van der Waals surface area (Å²) >= 11 is 0. The topological polar surface area (TPSA) is 43.5 Å². The van der Waals surface area contributed by atoms with E-state index in [-0.39, 0.29) is 23.3 Å². The van der Waals surface area contributed by atoms with Gasteiger partial charge in [-0.3, -0.25) is 18.6 Å². The maximum atomic E-state index is 13.8. The van der Waals surface area contributed by atoms with Crippen LogP contribution in [0.3, 0.4) is 0 Å². The smallest absolute Gasteiger partial charge is 0.263 e. The van der Waals surface area contributed by atoms with Crippen LogP contribution in [-0.2, 0) is 0 Å². The molecular formula is C44H26N2O2. The van der Waals surface area contributed by atoms with Gasteiger partial charge in [0, 0.05) is 38.2 Å². The molecular weight excluding hydrogens is 588 g/mol. The van der Waals surface area contributed by atoms with Crippen LogP contribution < -0.4 is 5.56 Å². The molecule has 3 aromatic heterocycles. The zero-order valence-electron chi connectivity index (χ0n) is 25.7. The van der Waals surface area contributed by atoms with E-state index >= 15 is 0 Å². The monoisotopic (exact) mass is 614 g/mol. The standard InChI is InChI=1S/C44H26N2O2/c47-43-33-13-3-1-9-29(33)35-21-27(23-37-31-11-5-7-15-39(31)45(43)41(35)37)25-17-19-26(20-18-25)28-22-36-30-10-2-4-14-34(30)44(48)46-40-16-8-6-12-32(40)38(24-28)42(36)46/h1-24,29,33H. The van der Waals surface area contributed by atoms with Crippen LogP contribution in [0, 0.1) is 5.92 Å². The maximum Gasteiger partial charge on any atom is 0.263 e. The van der Waals surface area contributed by atoms with Gasteiger partial charge in [0.25, 0.3) is 5.56 Å². The van der Waals surface area contributed by atoms with E-state index in [1.165, 1.54) is 5.56 Å². The Morgan fingerprint density at radius 3 is 1.67 bits per heavy atom. The number of carbonyl (C=O) groups excluding carboxylic acids is 1. The molecule has 1 aliphatic carbocycles. The molecule has 9 aromatic rings. The molecule has 6 aromatic carbocycles. The molecule has 0 spiro atoms. The number of pyridine rings is 1. The van der Waals surface area contributed by atoms with E-state index in [0.717, 1.165) is 82.0 Å². The number of hydrogen-bond donors (Lipinski definition) is 0. The summed E-state index contributed by atoms with van der Waals surface area (Å²) in [5.74, 6) is -0.0504. The van der Waals surface area contributed by atoms with Gasteiger partial charge in [0.1, 0.15) is 0 Å². The first-order valence-corrected chi connectivity index (χ1v) is 16.4. The largest absolute Gasteiger partial charge is 0.279 e. The summed E-state index contributed by atoms with van der Waals surface area (Å²) < 4.78 is 3.84. The number of hydrogen-bond acceptors (Lipinski definition) is 2. The van der Waals surface area contributed by atoms with Crippen molar-refractivity contribution in [1.29, 1.82) is 0 Å². The highest BCUT2D eigenvalue weighted by molar-refractivity contribution is 6.22. The van der Waals surface area contributed by atoms with Crippen LogP contribution in [-0.4, -0.2) is 14.9 Å². The number of para-hydroxylation sites is 2. The third-order valence-corrected chi connectivity index (χ3v) is 10.8. The van der Waals surface area contributed by atoms with Crippen LogP contribution in [0.2, 0.25) is 0 Å². The molecule has 1 aliphatic heterocycles. The third-order valence-electron chi connectivity index (χ3n) is 10.8. The van der Waals surface area contributed by atoms with Crippen molar-refractivity contribution >= 4 is 65.7 Å². The lowest BCUT2D eigenvalue weighted by atomic mass is 9.78. The number of allylic oxidation sites excluding steroid dienone is 4. The van der Waals surface area contributed by atoms with Crippen LogP contribution in [0.4, 0.5) is 0 Å². The summed E-state index contributed by atoms with van der Waals surface area (Å²) in [5, 5.41) is 7.18. The summed E-state index contributed by atoms with van der Waals surface area (Å²) in [7, 11) is 0. The predicted molar refractivity (Wildman–Crippen MR) is 196 cm³/mol. The minimum atomic E-state index is -0.207. The van der Waals surface area contributed by atoms with Crippen molar-refractivity contribution in [3.63, 3.8) is 0 Å². The number of nitrogens with zero attached hydrogens (tertiary/aromatic N) is 2. The van der Waals surface area contributed by atoms with E-state index < -0.39 is 0 Å². The molecule has 0 radical (unpaired) electrons. The second kappa shape index (κ2) is 9.18. The Balaban J connectivity index is 1.11. The Morgan fingerprint density at radius 2 is 0.958 bits per heavy atom. The van der Waals surface area contributed by atoms with Crippen LogP contribution in [0.1, 0.15) is 16.3 Å². The van der Waals surface area contributed by atoms with Crippen molar-refractivity contribution in [1.82, 2.24) is 8.97 Å². The molecule has 2 atom stereocenters. The van der Waals surface area contributed by atoms with Crippen LogP contribution in [0.5, 0.6) is 0 Å². The highest BCUT2D eigenvalue weighted by atomic mass is 16.2. The summed E-state index contributed by atoms with van der Waals surface area (Å²) in [4.78, 5) is 27.5. The van der Waals surface area contributed by atoms with E-state index in [9.17, 15) is 9.59 Å². The lowest BCUT2D eigenvalue weighted by Crippen LogP contribution is -2.30. The zero-order chi connectivity index (χ0) is 31.7. The van der Waals surface area contributed by atoms with Crippen LogP contribution in [0.15, 0.2) is 150 Å². The first kappa shape index (κ1) is 25.9. The van der Waals surface area contributed by atoms with Gasteiger partial charge in [0.2, 0.25) is 5.91 Å². The lowest BCUT2D eigenvalue weighted by molar-refractivity contribution is 0.0856. The molecule has 4 heteroatoms. The summed E-state index contributed by atoms with van der Waals surface area (Å²) in [6.45, 7) is 0. The summed E-state index contributed by atoms with van der Waals surface area (Å²) in [6, 6.07) is 42.2. The fourth-order valence-corrected chi connectivity index (χ4v) is 8.63. The normalized spacial score (nSPS) is 17.1. The lowest BCUT2D eigenvalue weighted by Gasteiger charge is -2.30. The van der Waals surface area contributed by atoms with Gasteiger partial charge >= 0.3 is 0 Å². The average molecular weight is 615 g/mol. The van der Waals surface area contributed by atoms with Gasteiger partial charge in [-0.15, -0.1) is 0 Å². The highest BCUT2D eigenvalue weighted by Gasteiger charge is 2.37. The molecule has 0 saturated carbocycles. The molecule has 0 amide bonds. The third kappa shape index (κ3) is 3.24. The van der Waals surface area contributed by atoms with Gasteiger partial charge in [-0.1, -0.05) is 103 Å². The molecule has 0 saturated heterocycles. The zero-order valence-corrected chi connectivity index (χ0v) is 25.7. The molecule has 0 bridgehead atoms. The molecule has 2 aliphatic rings. The van der Waals surface area contributed by atoms with Crippen LogP contribution in [0.25, 0.3) is 82.0 Å². The number of aromatic nitrogens is 2. The van der Waals surface area contributed by atoms with Crippen molar-refractivity contribution in [2.24, 2.45) is 5.92 Å². The van der Waals surface area contributed by atoms with E-state index in [0.29, 0.717) is 0 Å². The quantitative estimate of drug-likeness (QED) is 0.182. The fraction of sp³-hybridized carbons (Fsp3) is 0.0455. The maximum absolute atomic E-state index is 13.8. The minimum Gasteiger partial charge on any atom is -0.279 e.